The average molecular weight is 350 g/mol. The standard InChI is InChI=1S/C21H23N3O2/c1-5-12-24-18(25)14-23-13-7-6-11-17(23)21(24,4)20(26)22-19-15(2)9-8-10-16(19)3/h5-11,13H,1,12,14H2,2-4H3/p+1. The van der Waals surface area contributed by atoms with Crippen LogP contribution in [0.25, 0.3) is 0 Å². The van der Waals surface area contributed by atoms with Crippen molar-refractivity contribution in [1.82, 2.24) is 4.90 Å². The fourth-order valence-corrected chi connectivity index (χ4v) is 3.57. The summed E-state index contributed by atoms with van der Waals surface area (Å²) in [6.07, 6.45) is 3.49. The number of hydrogen-bond donors (Lipinski definition) is 1. The van der Waals surface area contributed by atoms with Crippen molar-refractivity contribution in [3.63, 3.8) is 0 Å². The molecule has 0 bridgehead atoms. The SMILES string of the molecule is C=CCN1C(=O)C[n+]2ccccc2C1(C)C(=O)Nc1c(C)cccc1C. The van der Waals surface area contributed by atoms with Crippen LogP contribution in [0.15, 0.2) is 55.3 Å². The molecule has 3 rings (SSSR count). The Morgan fingerprint density at radius 2 is 1.96 bits per heavy atom. The number of amides is 2. The molecule has 5 nitrogen and oxygen atoms in total. The van der Waals surface area contributed by atoms with E-state index in [4.69, 9.17) is 0 Å². The van der Waals surface area contributed by atoms with Crippen molar-refractivity contribution in [2.75, 3.05) is 11.9 Å². The summed E-state index contributed by atoms with van der Waals surface area (Å²) in [6, 6.07) is 11.5. The third-order valence-electron chi connectivity index (χ3n) is 5.06. The van der Waals surface area contributed by atoms with Crippen LogP contribution >= 0.6 is 0 Å². The molecule has 5 heteroatoms. The third kappa shape index (κ3) is 2.79. The van der Waals surface area contributed by atoms with Crippen LogP contribution in [0.4, 0.5) is 5.69 Å². The second-order valence-corrected chi connectivity index (χ2v) is 6.80. The lowest BCUT2D eigenvalue weighted by molar-refractivity contribution is -0.701. The summed E-state index contributed by atoms with van der Waals surface area (Å²) in [5, 5.41) is 3.06. The van der Waals surface area contributed by atoms with E-state index in [0.29, 0.717) is 6.54 Å². The van der Waals surface area contributed by atoms with Gasteiger partial charge in [-0.3, -0.25) is 9.59 Å². The van der Waals surface area contributed by atoms with Crippen LogP contribution in [0.3, 0.4) is 0 Å². The van der Waals surface area contributed by atoms with Crippen molar-refractivity contribution < 1.29 is 14.2 Å². The van der Waals surface area contributed by atoms with Gasteiger partial charge in [0.1, 0.15) is 0 Å². The molecule has 2 heterocycles. The molecule has 0 saturated heterocycles. The normalized spacial score (nSPS) is 19.0. The summed E-state index contributed by atoms with van der Waals surface area (Å²) >= 11 is 0. The van der Waals surface area contributed by atoms with Gasteiger partial charge in [0.05, 0.1) is 0 Å². The van der Waals surface area contributed by atoms with Crippen LogP contribution in [-0.4, -0.2) is 23.3 Å². The minimum Gasteiger partial charge on any atom is -0.323 e. The molecule has 1 aromatic heterocycles. The summed E-state index contributed by atoms with van der Waals surface area (Å²) in [6.45, 7) is 9.99. The van der Waals surface area contributed by atoms with Crippen LogP contribution < -0.4 is 9.88 Å². The summed E-state index contributed by atoms with van der Waals surface area (Å²) in [5.74, 6) is -0.336. The first-order valence-electron chi connectivity index (χ1n) is 8.67. The minimum absolute atomic E-state index is 0.104. The number of aryl methyl sites for hydroxylation is 2. The second-order valence-electron chi connectivity index (χ2n) is 6.80. The van der Waals surface area contributed by atoms with E-state index in [0.717, 1.165) is 22.5 Å². The maximum atomic E-state index is 13.4. The molecular weight excluding hydrogens is 326 g/mol. The van der Waals surface area contributed by atoms with Gasteiger partial charge < -0.3 is 10.2 Å². The first kappa shape index (κ1) is 17.9. The Hall–Kier alpha value is -2.95. The topological polar surface area (TPSA) is 53.3 Å². The summed E-state index contributed by atoms with van der Waals surface area (Å²) < 4.78 is 1.84. The Kier molecular flexibility index (Phi) is 4.64. The van der Waals surface area contributed by atoms with Gasteiger partial charge in [0.2, 0.25) is 17.8 Å². The number of nitrogens with one attached hydrogen (secondary N) is 1. The van der Waals surface area contributed by atoms with Gasteiger partial charge in [0.15, 0.2) is 6.20 Å². The average Bonchev–Trinajstić information content (AvgIpc) is 2.61. The molecule has 1 aliphatic heterocycles. The van der Waals surface area contributed by atoms with Gasteiger partial charge in [-0.1, -0.05) is 30.3 Å². The number of pyridine rings is 1. The van der Waals surface area contributed by atoms with Crippen molar-refractivity contribution in [1.29, 1.82) is 0 Å². The van der Waals surface area contributed by atoms with Crippen molar-refractivity contribution >= 4 is 17.5 Å². The zero-order valence-corrected chi connectivity index (χ0v) is 15.5. The van der Waals surface area contributed by atoms with Gasteiger partial charge in [-0.05, 0) is 31.9 Å². The number of benzene rings is 1. The van der Waals surface area contributed by atoms with Gasteiger partial charge >= 0.3 is 0 Å². The minimum atomic E-state index is -1.13. The molecule has 2 aromatic rings. The van der Waals surface area contributed by atoms with E-state index < -0.39 is 5.54 Å². The molecule has 134 valence electrons. The van der Waals surface area contributed by atoms with Crippen LogP contribution in [-0.2, 0) is 21.7 Å². The quantitative estimate of drug-likeness (QED) is 0.680. The number of carbonyl (C=O) groups is 2. The van der Waals surface area contributed by atoms with Crippen molar-refractivity contribution in [2.45, 2.75) is 32.9 Å². The Balaban J connectivity index is 2.10. The van der Waals surface area contributed by atoms with E-state index in [2.05, 4.69) is 11.9 Å². The second kappa shape index (κ2) is 6.75. The fourth-order valence-electron chi connectivity index (χ4n) is 3.57. The van der Waals surface area contributed by atoms with Crippen LogP contribution in [0.5, 0.6) is 0 Å². The number of hydrogen-bond acceptors (Lipinski definition) is 2. The molecule has 2 amide bonds. The predicted octanol–water partition coefficient (Wildman–Crippen LogP) is 2.47. The fraction of sp³-hybridized carbons (Fsp3) is 0.286. The first-order valence-corrected chi connectivity index (χ1v) is 8.67. The highest BCUT2D eigenvalue weighted by molar-refractivity contribution is 6.01. The smallest absolute Gasteiger partial charge is 0.290 e. The van der Waals surface area contributed by atoms with Crippen LogP contribution in [0, 0.1) is 13.8 Å². The molecule has 1 unspecified atom stereocenters. The molecule has 1 aromatic carbocycles. The zero-order chi connectivity index (χ0) is 18.9. The van der Waals surface area contributed by atoms with E-state index in [1.165, 1.54) is 0 Å². The molecule has 0 radical (unpaired) electrons. The number of carbonyl (C=O) groups excluding carboxylic acids is 2. The Labute approximate surface area is 154 Å². The molecule has 26 heavy (non-hydrogen) atoms. The van der Waals surface area contributed by atoms with Crippen molar-refractivity contribution in [3.05, 3.63) is 72.1 Å². The van der Waals surface area contributed by atoms with Gasteiger partial charge in [0, 0.05) is 24.4 Å². The van der Waals surface area contributed by atoms with Crippen LogP contribution in [0.2, 0.25) is 0 Å². The molecule has 0 fully saturated rings. The zero-order valence-electron chi connectivity index (χ0n) is 15.5. The monoisotopic (exact) mass is 350 g/mol. The lowest BCUT2D eigenvalue weighted by Crippen LogP contribution is -2.67. The van der Waals surface area contributed by atoms with E-state index in [1.54, 1.807) is 17.9 Å². The number of nitrogens with zero attached hydrogens (tertiary/aromatic N) is 2. The van der Waals surface area contributed by atoms with Gasteiger partial charge in [0.25, 0.3) is 11.8 Å². The molecule has 1 atom stereocenters. The maximum Gasteiger partial charge on any atom is 0.290 e. The van der Waals surface area contributed by atoms with E-state index in [-0.39, 0.29) is 18.4 Å². The van der Waals surface area contributed by atoms with E-state index >= 15 is 0 Å². The number of aromatic nitrogens is 1. The Morgan fingerprint density at radius 1 is 1.27 bits per heavy atom. The van der Waals surface area contributed by atoms with E-state index in [1.807, 2.05) is 61.0 Å². The molecular formula is C21H24N3O2+. The largest absolute Gasteiger partial charge is 0.323 e. The van der Waals surface area contributed by atoms with Gasteiger partial charge in [-0.15, -0.1) is 6.58 Å². The molecule has 0 spiro atoms. The highest BCUT2D eigenvalue weighted by Crippen LogP contribution is 2.32. The third-order valence-corrected chi connectivity index (χ3v) is 5.06. The Bertz CT molecular complexity index is 870. The molecule has 0 saturated carbocycles. The summed E-state index contributed by atoms with van der Waals surface area (Å²) in [7, 11) is 0. The number of fused-ring (bicyclic) bond motifs is 1. The number of para-hydroxylation sites is 1. The number of rotatable bonds is 4. The van der Waals surface area contributed by atoms with Gasteiger partial charge in [-0.2, -0.15) is 4.57 Å². The first-order chi connectivity index (χ1) is 12.4. The lowest BCUT2D eigenvalue weighted by atomic mass is 9.90. The van der Waals surface area contributed by atoms with Crippen molar-refractivity contribution in [3.8, 4) is 0 Å². The van der Waals surface area contributed by atoms with Crippen molar-refractivity contribution in [2.24, 2.45) is 0 Å². The van der Waals surface area contributed by atoms with Crippen LogP contribution in [0.1, 0.15) is 23.7 Å². The van der Waals surface area contributed by atoms with Gasteiger partial charge in [-0.25, -0.2) is 0 Å². The highest BCUT2D eigenvalue weighted by atomic mass is 16.2. The maximum absolute atomic E-state index is 13.4. The highest BCUT2D eigenvalue weighted by Gasteiger charge is 2.53. The lowest BCUT2D eigenvalue weighted by Gasteiger charge is -2.39. The predicted molar refractivity (Wildman–Crippen MR) is 100 cm³/mol. The molecule has 0 aliphatic carbocycles. The Morgan fingerprint density at radius 3 is 2.62 bits per heavy atom. The summed E-state index contributed by atoms with van der Waals surface area (Å²) in [5.41, 5.74) is 2.42. The molecule has 1 N–H and O–H groups in total. The molecule has 1 aliphatic rings. The van der Waals surface area contributed by atoms with E-state index in [9.17, 15) is 9.59 Å². The number of anilines is 1. The summed E-state index contributed by atoms with van der Waals surface area (Å²) in [4.78, 5) is 27.8.